The van der Waals surface area contributed by atoms with Gasteiger partial charge >= 0.3 is 0 Å². The van der Waals surface area contributed by atoms with Crippen LogP contribution in [0.15, 0.2) is 0 Å². The van der Waals surface area contributed by atoms with Crippen LogP contribution in [0, 0.1) is 0 Å². The highest BCUT2D eigenvalue weighted by Gasteiger charge is 2.58. The Hall–Kier alpha value is -1.44. The van der Waals surface area contributed by atoms with Crippen molar-refractivity contribution in [3.05, 3.63) is 0 Å². The lowest BCUT2D eigenvalue weighted by Crippen LogP contribution is -2.68. The molecule has 36 nitrogen and oxygen atoms in total. The number of aliphatic hydroxyl groups is 23. The van der Waals surface area contributed by atoms with Crippen molar-refractivity contribution in [2.24, 2.45) is 0 Å². The predicted molar refractivity (Wildman–Crippen MR) is 232 cm³/mol. The smallest absolute Gasteiger partial charge is 0.187 e. The highest BCUT2D eigenvalue weighted by molar-refractivity contribution is 5.00. The molecule has 7 rings (SSSR count). The van der Waals surface area contributed by atoms with Gasteiger partial charge in [0.15, 0.2) is 44.0 Å². The molecule has 0 aromatic carbocycles. The monoisotopic (exact) mass is 1150 g/mol. The molecule has 7 saturated heterocycles. The second-order valence-electron chi connectivity index (χ2n) is 19.6. The van der Waals surface area contributed by atoms with Gasteiger partial charge in [-0.05, 0) is 0 Å². The molecule has 1 unspecified atom stereocenters. The first-order valence-electron chi connectivity index (χ1n) is 24.7. The van der Waals surface area contributed by atoms with E-state index in [-0.39, 0.29) is 0 Å². The van der Waals surface area contributed by atoms with Crippen molar-refractivity contribution in [3.8, 4) is 0 Å². The topological polar surface area (TPSA) is 585 Å². The number of ether oxygens (including phenoxy) is 13. The van der Waals surface area contributed by atoms with Gasteiger partial charge < -0.3 is 179 Å². The van der Waals surface area contributed by atoms with Crippen molar-refractivity contribution >= 4 is 0 Å². The van der Waals surface area contributed by atoms with Crippen molar-refractivity contribution in [3.63, 3.8) is 0 Å². The Morgan fingerprint density at radius 1 is 0.218 bits per heavy atom. The molecule has 0 radical (unpaired) electrons. The first-order chi connectivity index (χ1) is 37.0. The van der Waals surface area contributed by atoms with E-state index >= 15 is 0 Å². The standard InChI is InChI=1S/C42H72O36/c43-1-8-15(49)17(51)25(59)37(68-8)66-7-14-35(78-41-29(63)22(56)32(11(4-46)72-41)75-38-26(60)18(52)16(50)9(2-44)69-38)23(57)30(64)42(73-14)77-34-13(6-48)71-40(28(62)21(34)55)76-33-12(5-47)70-39(27(61)20(33)54)74-31-10(3-45)67-36(65)24(58)19(31)53/h8-65H,1-7H2/t8-,9-,10-,11-,12-,13-,14-,15-,16-,17+,18+,19-,20-,21-,22-,23-,24-,25-,26-,27-,28-,29-,30-,31-,32-,33-,34-,35-,36?,37+,38-,39-,40-,41-,42-/m1/s1. The predicted octanol–water partition coefficient (Wildman–Crippen LogP) is -16.3. The Kier molecular flexibility index (Phi) is 22.6. The summed E-state index contributed by atoms with van der Waals surface area (Å²) in [6, 6.07) is 0. The fourth-order valence-corrected chi connectivity index (χ4v) is 9.90. The van der Waals surface area contributed by atoms with Crippen LogP contribution in [0.5, 0.6) is 0 Å². The molecule has 456 valence electrons. The molecule has 7 heterocycles. The van der Waals surface area contributed by atoms with Crippen molar-refractivity contribution in [2.75, 3.05) is 46.2 Å². The van der Waals surface area contributed by atoms with Gasteiger partial charge in [-0.15, -0.1) is 0 Å². The fourth-order valence-electron chi connectivity index (χ4n) is 9.90. The van der Waals surface area contributed by atoms with Crippen molar-refractivity contribution in [2.45, 2.75) is 215 Å². The van der Waals surface area contributed by atoms with Crippen LogP contribution in [0.2, 0.25) is 0 Å². The maximum absolute atomic E-state index is 11.7. The molecule has 35 atom stereocenters. The van der Waals surface area contributed by atoms with Gasteiger partial charge in [0.1, 0.15) is 171 Å². The molecule has 0 aromatic heterocycles. The van der Waals surface area contributed by atoms with E-state index in [4.69, 9.17) is 61.6 Å². The molecule has 0 aromatic rings. The zero-order valence-corrected chi connectivity index (χ0v) is 40.8. The number of aliphatic hydroxyl groups excluding tert-OH is 23. The van der Waals surface area contributed by atoms with E-state index < -0.39 is 261 Å². The van der Waals surface area contributed by atoms with Crippen molar-refractivity contribution in [1.29, 1.82) is 0 Å². The van der Waals surface area contributed by atoms with Gasteiger partial charge in [0, 0.05) is 0 Å². The highest BCUT2D eigenvalue weighted by atomic mass is 16.8. The van der Waals surface area contributed by atoms with Crippen LogP contribution in [0.1, 0.15) is 0 Å². The van der Waals surface area contributed by atoms with Gasteiger partial charge in [-0.25, -0.2) is 0 Å². The van der Waals surface area contributed by atoms with Gasteiger partial charge in [-0.3, -0.25) is 0 Å². The summed E-state index contributed by atoms with van der Waals surface area (Å²) < 4.78 is 72.5. The SMILES string of the molecule is OC[C@H]1O[C@H](OC[C@H]2O[C@H](O[C@H]3[C@H](O)[C@@H](O)[C@@H](O[C@H]4[C@H](O)[C@@H](O)[C@@H](O[C@H]5[C@H](O)[C@@H](O)C(O)O[C@@H]5CO)O[C@@H]4CO)O[C@@H]3CO)[C@H](O)[C@@H](O)[C@@H]2O[C@H]2O[C@H](CO)[C@@H](O[C@H]3O[C@H](CO)[C@@H](O)[C@H](O)[C@H]3O)[C@H](O)[C@H]2O)[C@H](O)[C@@H](O)[C@@H]1O. The molecule has 7 aliphatic rings. The van der Waals surface area contributed by atoms with E-state index in [1.807, 2.05) is 0 Å². The molecule has 0 saturated carbocycles. The molecule has 36 heteroatoms. The van der Waals surface area contributed by atoms with Gasteiger partial charge in [0.2, 0.25) is 0 Å². The minimum atomic E-state index is -2.32. The van der Waals surface area contributed by atoms with E-state index in [1.54, 1.807) is 0 Å². The molecular weight excluding hydrogens is 1080 g/mol. The minimum absolute atomic E-state index is 0.876. The Morgan fingerprint density at radius 3 is 0.769 bits per heavy atom. The molecule has 7 aliphatic heterocycles. The van der Waals surface area contributed by atoms with Crippen LogP contribution in [-0.2, 0) is 61.6 Å². The summed E-state index contributed by atoms with van der Waals surface area (Å²) in [5.41, 5.74) is 0. The summed E-state index contributed by atoms with van der Waals surface area (Å²) >= 11 is 0. The molecule has 78 heavy (non-hydrogen) atoms. The normalized spacial score (nSPS) is 53.5. The van der Waals surface area contributed by atoms with Crippen LogP contribution in [-0.4, -0.2) is 379 Å². The zero-order chi connectivity index (χ0) is 57.3. The lowest BCUT2D eigenvalue weighted by Gasteiger charge is -2.50. The average molecular weight is 1150 g/mol. The van der Waals surface area contributed by atoms with Gasteiger partial charge in [0.05, 0.1) is 46.2 Å². The highest BCUT2D eigenvalue weighted by Crippen LogP contribution is 2.37. The third-order valence-electron chi connectivity index (χ3n) is 14.5. The van der Waals surface area contributed by atoms with Crippen LogP contribution in [0.25, 0.3) is 0 Å². The maximum atomic E-state index is 11.7. The van der Waals surface area contributed by atoms with E-state index in [0.717, 1.165) is 0 Å². The van der Waals surface area contributed by atoms with E-state index in [2.05, 4.69) is 0 Å². The lowest BCUT2D eigenvalue weighted by molar-refractivity contribution is -0.398. The third kappa shape index (κ3) is 13.1. The largest absolute Gasteiger partial charge is 0.394 e. The fraction of sp³-hybridized carbons (Fsp3) is 1.00. The van der Waals surface area contributed by atoms with Gasteiger partial charge in [0.25, 0.3) is 0 Å². The quantitative estimate of drug-likeness (QED) is 0.0571. The Morgan fingerprint density at radius 2 is 0.449 bits per heavy atom. The minimum Gasteiger partial charge on any atom is -0.394 e. The Bertz CT molecular complexity index is 1810. The maximum Gasteiger partial charge on any atom is 0.187 e. The summed E-state index contributed by atoms with van der Waals surface area (Å²) in [4.78, 5) is 0. The summed E-state index contributed by atoms with van der Waals surface area (Å²) in [5.74, 6) is 0. The summed E-state index contributed by atoms with van der Waals surface area (Å²) in [6.45, 7) is -6.80. The molecule has 0 bridgehead atoms. The molecule has 0 amide bonds. The summed E-state index contributed by atoms with van der Waals surface area (Å²) in [5, 5.41) is 243. The third-order valence-corrected chi connectivity index (χ3v) is 14.5. The summed E-state index contributed by atoms with van der Waals surface area (Å²) in [7, 11) is 0. The molecule has 0 aliphatic carbocycles. The average Bonchev–Trinajstić information content (AvgIpc) is 3.51. The van der Waals surface area contributed by atoms with Crippen molar-refractivity contribution in [1.82, 2.24) is 0 Å². The van der Waals surface area contributed by atoms with E-state index in [1.165, 1.54) is 0 Å². The summed E-state index contributed by atoms with van der Waals surface area (Å²) in [6.07, 6.45) is -68.5. The lowest BCUT2D eigenvalue weighted by atomic mass is 9.95. The first-order valence-corrected chi connectivity index (χ1v) is 24.7. The van der Waals surface area contributed by atoms with Crippen LogP contribution in [0.4, 0.5) is 0 Å². The van der Waals surface area contributed by atoms with Gasteiger partial charge in [-0.2, -0.15) is 0 Å². The van der Waals surface area contributed by atoms with Gasteiger partial charge in [-0.1, -0.05) is 0 Å². The van der Waals surface area contributed by atoms with Crippen LogP contribution < -0.4 is 0 Å². The molecular formula is C42H72O36. The van der Waals surface area contributed by atoms with E-state index in [9.17, 15) is 117 Å². The second-order valence-corrected chi connectivity index (χ2v) is 19.6. The zero-order valence-electron chi connectivity index (χ0n) is 40.8. The Labute approximate surface area is 439 Å². The molecule has 23 N–H and O–H groups in total. The second kappa shape index (κ2) is 27.5. The molecule has 0 spiro atoms. The Balaban J connectivity index is 1.05. The number of hydrogen-bond donors (Lipinski definition) is 23. The van der Waals surface area contributed by atoms with E-state index in [0.29, 0.717) is 0 Å². The van der Waals surface area contributed by atoms with Crippen molar-refractivity contribution < 1.29 is 179 Å². The first kappa shape index (κ1) is 64.1. The number of rotatable bonds is 19. The van der Waals surface area contributed by atoms with Crippen LogP contribution in [0.3, 0.4) is 0 Å². The number of hydrogen-bond acceptors (Lipinski definition) is 36. The van der Waals surface area contributed by atoms with Crippen LogP contribution >= 0.6 is 0 Å². The molecule has 7 fully saturated rings.